The van der Waals surface area contributed by atoms with Gasteiger partial charge < -0.3 is 4.84 Å². The summed E-state index contributed by atoms with van der Waals surface area (Å²) < 4.78 is 0. The van der Waals surface area contributed by atoms with E-state index in [4.69, 9.17) is 0 Å². The highest BCUT2D eigenvalue weighted by Gasteiger charge is 2.13. The van der Waals surface area contributed by atoms with Gasteiger partial charge in [0.2, 0.25) is 0 Å². The Bertz CT molecular complexity index is 350. The SMILES string of the molecule is Cc1ccc(C(CO[N+](=O)[O-])N=O)cc1. The summed E-state index contributed by atoms with van der Waals surface area (Å²) in [6.07, 6.45) is 0. The summed E-state index contributed by atoms with van der Waals surface area (Å²) in [4.78, 5) is 24.5. The molecule has 6 nitrogen and oxygen atoms in total. The Morgan fingerprint density at radius 1 is 1.47 bits per heavy atom. The molecule has 0 amide bonds. The van der Waals surface area contributed by atoms with Gasteiger partial charge in [-0.15, -0.1) is 10.1 Å². The molecule has 1 aromatic carbocycles. The Morgan fingerprint density at radius 3 is 2.53 bits per heavy atom. The van der Waals surface area contributed by atoms with Gasteiger partial charge in [0.25, 0.3) is 5.09 Å². The molecule has 15 heavy (non-hydrogen) atoms. The summed E-state index contributed by atoms with van der Waals surface area (Å²) in [5.41, 5.74) is 1.65. The first-order valence-corrected chi connectivity index (χ1v) is 4.30. The van der Waals surface area contributed by atoms with E-state index in [9.17, 15) is 15.0 Å². The summed E-state index contributed by atoms with van der Waals surface area (Å²) in [5, 5.41) is 11.8. The maximum atomic E-state index is 10.5. The number of benzene rings is 1. The van der Waals surface area contributed by atoms with Crippen LogP contribution in [-0.4, -0.2) is 11.7 Å². The van der Waals surface area contributed by atoms with E-state index in [0.717, 1.165) is 5.56 Å². The molecular weight excluding hydrogens is 200 g/mol. The lowest BCUT2D eigenvalue weighted by atomic mass is 10.1. The average molecular weight is 210 g/mol. The minimum Gasteiger partial charge on any atom is -0.311 e. The molecule has 1 atom stereocenters. The van der Waals surface area contributed by atoms with E-state index in [-0.39, 0.29) is 6.61 Å². The summed E-state index contributed by atoms with van der Waals surface area (Å²) >= 11 is 0. The van der Waals surface area contributed by atoms with Crippen molar-refractivity contribution < 1.29 is 9.92 Å². The molecule has 80 valence electrons. The van der Waals surface area contributed by atoms with Crippen molar-refractivity contribution in [3.05, 3.63) is 50.4 Å². The van der Waals surface area contributed by atoms with Crippen molar-refractivity contribution in [3.8, 4) is 0 Å². The molecule has 0 aliphatic carbocycles. The van der Waals surface area contributed by atoms with Crippen LogP contribution in [0.3, 0.4) is 0 Å². The Morgan fingerprint density at radius 2 is 2.07 bits per heavy atom. The lowest BCUT2D eigenvalue weighted by Gasteiger charge is -2.07. The van der Waals surface area contributed by atoms with Gasteiger partial charge in [-0.2, -0.15) is 4.91 Å². The van der Waals surface area contributed by atoms with E-state index >= 15 is 0 Å². The molecule has 1 aromatic rings. The van der Waals surface area contributed by atoms with Crippen molar-refractivity contribution in [2.45, 2.75) is 13.0 Å². The number of nitrogens with zero attached hydrogens (tertiary/aromatic N) is 2. The van der Waals surface area contributed by atoms with E-state index < -0.39 is 11.1 Å². The fraction of sp³-hybridized carbons (Fsp3) is 0.333. The minimum absolute atomic E-state index is 0.348. The van der Waals surface area contributed by atoms with Gasteiger partial charge in [0.15, 0.2) is 0 Å². The lowest BCUT2D eigenvalue weighted by molar-refractivity contribution is -0.758. The van der Waals surface area contributed by atoms with Crippen LogP contribution >= 0.6 is 0 Å². The Labute approximate surface area is 85.9 Å². The standard InChI is InChI=1S/C9H10N2O4/c1-7-2-4-8(5-3-7)9(10-12)6-15-11(13)14/h2-5,9H,6H2,1H3. The van der Waals surface area contributed by atoms with Gasteiger partial charge in [0, 0.05) is 0 Å². The van der Waals surface area contributed by atoms with Crippen LogP contribution in [0.15, 0.2) is 29.4 Å². The summed E-state index contributed by atoms with van der Waals surface area (Å²) in [7, 11) is 0. The highest BCUT2D eigenvalue weighted by Crippen LogP contribution is 2.17. The second kappa shape index (κ2) is 5.04. The van der Waals surface area contributed by atoms with Crippen LogP contribution in [0.25, 0.3) is 0 Å². The second-order valence-electron chi connectivity index (χ2n) is 3.05. The molecule has 0 fully saturated rings. The van der Waals surface area contributed by atoms with Crippen molar-refractivity contribution in [1.29, 1.82) is 0 Å². The van der Waals surface area contributed by atoms with Gasteiger partial charge in [-0.3, -0.25) is 0 Å². The molecule has 0 aliphatic heterocycles. The third kappa shape index (κ3) is 3.34. The summed E-state index contributed by atoms with van der Waals surface area (Å²) in [6, 6.07) is 6.17. The van der Waals surface area contributed by atoms with Gasteiger partial charge >= 0.3 is 0 Å². The molecule has 0 aliphatic rings. The molecule has 0 N–H and O–H groups in total. The Hall–Kier alpha value is -1.98. The van der Waals surface area contributed by atoms with E-state index in [0.29, 0.717) is 5.56 Å². The summed E-state index contributed by atoms with van der Waals surface area (Å²) in [6.45, 7) is 1.56. The first kappa shape index (κ1) is 11.1. The fourth-order valence-electron chi connectivity index (χ4n) is 1.11. The van der Waals surface area contributed by atoms with Gasteiger partial charge in [0.05, 0.1) is 0 Å². The largest absolute Gasteiger partial charge is 0.311 e. The average Bonchev–Trinajstić information content (AvgIpc) is 2.21. The van der Waals surface area contributed by atoms with Gasteiger partial charge in [-0.1, -0.05) is 35.0 Å². The number of aryl methyl sites for hydroxylation is 1. The maximum absolute atomic E-state index is 10.5. The Balaban J connectivity index is 2.69. The van der Waals surface area contributed by atoms with Crippen molar-refractivity contribution >= 4 is 0 Å². The third-order valence-corrected chi connectivity index (χ3v) is 1.93. The van der Waals surface area contributed by atoms with Crippen molar-refractivity contribution in [1.82, 2.24) is 0 Å². The van der Waals surface area contributed by atoms with Crippen LogP contribution in [0.5, 0.6) is 0 Å². The first-order chi connectivity index (χ1) is 7.13. The molecule has 0 saturated heterocycles. The molecule has 6 heteroatoms. The topological polar surface area (TPSA) is 81.8 Å². The zero-order valence-electron chi connectivity index (χ0n) is 8.12. The predicted molar refractivity (Wildman–Crippen MR) is 52.7 cm³/mol. The maximum Gasteiger partial charge on any atom is 0.294 e. The number of nitroso groups, excluding NO2 is 1. The van der Waals surface area contributed by atoms with E-state index in [2.05, 4.69) is 10.0 Å². The molecular formula is C9H10N2O4. The fourth-order valence-corrected chi connectivity index (χ4v) is 1.11. The third-order valence-electron chi connectivity index (χ3n) is 1.93. The summed E-state index contributed by atoms with van der Waals surface area (Å²) in [5.74, 6) is 0. The molecule has 1 unspecified atom stereocenters. The van der Waals surface area contributed by atoms with Crippen molar-refractivity contribution in [3.63, 3.8) is 0 Å². The van der Waals surface area contributed by atoms with Gasteiger partial charge in [-0.25, -0.2) is 0 Å². The molecule has 0 saturated carbocycles. The number of rotatable bonds is 5. The number of hydrogen-bond donors (Lipinski definition) is 0. The van der Waals surface area contributed by atoms with Gasteiger partial charge in [-0.05, 0) is 12.5 Å². The van der Waals surface area contributed by atoms with E-state index in [1.165, 1.54) is 0 Å². The molecule has 0 spiro atoms. The monoisotopic (exact) mass is 210 g/mol. The normalized spacial score (nSPS) is 11.8. The molecule has 0 radical (unpaired) electrons. The first-order valence-electron chi connectivity index (χ1n) is 4.30. The van der Waals surface area contributed by atoms with Crippen LogP contribution < -0.4 is 0 Å². The molecule has 0 bridgehead atoms. The zero-order valence-corrected chi connectivity index (χ0v) is 8.12. The quantitative estimate of drug-likeness (QED) is 0.423. The van der Waals surface area contributed by atoms with Crippen LogP contribution in [0.1, 0.15) is 17.2 Å². The van der Waals surface area contributed by atoms with Crippen molar-refractivity contribution in [2.24, 2.45) is 5.18 Å². The molecule has 0 heterocycles. The lowest BCUT2D eigenvalue weighted by Crippen LogP contribution is -2.09. The van der Waals surface area contributed by atoms with E-state index in [1.807, 2.05) is 6.92 Å². The van der Waals surface area contributed by atoms with E-state index in [1.54, 1.807) is 24.3 Å². The van der Waals surface area contributed by atoms with Crippen LogP contribution in [0.4, 0.5) is 0 Å². The molecule has 0 aromatic heterocycles. The smallest absolute Gasteiger partial charge is 0.294 e. The zero-order chi connectivity index (χ0) is 11.3. The Kier molecular flexibility index (Phi) is 3.73. The van der Waals surface area contributed by atoms with Crippen LogP contribution in [0.2, 0.25) is 0 Å². The van der Waals surface area contributed by atoms with Gasteiger partial charge in [0.1, 0.15) is 12.6 Å². The second-order valence-corrected chi connectivity index (χ2v) is 3.05. The predicted octanol–water partition coefficient (Wildman–Crippen LogP) is 2.01. The highest BCUT2D eigenvalue weighted by molar-refractivity contribution is 5.24. The highest BCUT2D eigenvalue weighted by atomic mass is 16.9. The van der Waals surface area contributed by atoms with Crippen molar-refractivity contribution in [2.75, 3.05) is 6.61 Å². The minimum atomic E-state index is -0.938. The molecule has 1 rings (SSSR count). The van der Waals surface area contributed by atoms with Crippen LogP contribution in [0, 0.1) is 21.9 Å². The van der Waals surface area contributed by atoms with Crippen LogP contribution in [-0.2, 0) is 4.84 Å². The number of hydrogen-bond acceptors (Lipinski definition) is 5.